The Balaban J connectivity index is 1.47. The summed E-state index contributed by atoms with van der Waals surface area (Å²) >= 11 is 0. The first kappa shape index (κ1) is 19.8. The van der Waals surface area contributed by atoms with E-state index >= 15 is 0 Å². The van der Waals surface area contributed by atoms with Crippen LogP contribution in [0.3, 0.4) is 0 Å². The minimum Gasteiger partial charge on any atom is -0.380 e. The van der Waals surface area contributed by atoms with Gasteiger partial charge in [-0.05, 0) is 43.2 Å². The lowest BCUT2D eigenvalue weighted by molar-refractivity contribution is 0.0269. The topological polar surface area (TPSA) is 109 Å². The Morgan fingerprint density at radius 1 is 1.27 bits per heavy atom. The molecule has 4 rings (SSSR count). The van der Waals surface area contributed by atoms with Crippen LogP contribution in [-0.2, 0) is 4.74 Å². The number of piperidine rings is 1. The molecule has 1 amide bonds. The van der Waals surface area contributed by atoms with Gasteiger partial charge in [-0.1, -0.05) is 18.2 Å². The van der Waals surface area contributed by atoms with Crippen LogP contribution in [0, 0.1) is 0 Å². The maximum Gasteiger partial charge on any atom is 0.253 e. The number of benzene rings is 2. The summed E-state index contributed by atoms with van der Waals surface area (Å²) < 4.78 is 5.41. The highest BCUT2D eigenvalue weighted by Gasteiger charge is 2.24. The highest BCUT2D eigenvalue weighted by molar-refractivity contribution is 6.40. The number of aromatic nitrogens is 2. The molecule has 0 radical (unpaired) electrons. The summed E-state index contributed by atoms with van der Waals surface area (Å²) in [6.45, 7) is 1.38. The number of para-hydroxylation sites is 1. The molecule has 3 N–H and O–H groups in total. The van der Waals surface area contributed by atoms with Crippen LogP contribution in [-0.4, -0.2) is 59.2 Å². The van der Waals surface area contributed by atoms with Crippen molar-refractivity contribution < 1.29 is 9.53 Å². The van der Waals surface area contributed by atoms with Crippen molar-refractivity contribution in [2.45, 2.75) is 18.9 Å². The van der Waals surface area contributed by atoms with E-state index in [2.05, 4.69) is 20.3 Å². The second kappa shape index (κ2) is 8.87. The third-order valence-electron chi connectivity index (χ3n) is 5.30. The fourth-order valence-corrected chi connectivity index (χ4v) is 3.64. The van der Waals surface area contributed by atoms with Gasteiger partial charge in [0.05, 0.1) is 23.5 Å². The molecule has 0 spiro atoms. The zero-order valence-electron chi connectivity index (χ0n) is 16.8. The number of aliphatic imine (C=N–C) groups is 1. The smallest absolute Gasteiger partial charge is 0.253 e. The predicted molar refractivity (Wildman–Crippen MR) is 117 cm³/mol. The number of nitrogens with zero attached hydrogens (tertiary/aromatic N) is 4. The highest BCUT2D eigenvalue weighted by atomic mass is 16.5. The molecular weight excluding hydrogens is 380 g/mol. The fraction of sp³-hybridized carbons (Fsp3) is 0.273. The van der Waals surface area contributed by atoms with Crippen molar-refractivity contribution in [2.75, 3.05) is 20.2 Å². The van der Waals surface area contributed by atoms with E-state index in [4.69, 9.17) is 10.6 Å². The van der Waals surface area contributed by atoms with E-state index in [9.17, 15) is 4.79 Å². The molecule has 3 aromatic rings. The van der Waals surface area contributed by atoms with Gasteiger partial charge in [-0.3, -0.25) is 14.9 Å². The maximum atomic E-state index is 12.7. The molecule has 154 valence electrons. The number of ether oxygens (including phenoxy) is 1. The zero-order valence-corrected chi connectivity index (χ0v) is 16.8. The van der Waals surface area contributed by atoms with E-state index in [0.29, 0.717) is 29.2 Å². The van der Waals surface area contributed by atoms with Gasteiger partial charge in [-0.2, -0.15) is 10.2 Å². The van der Waals surface area contributed by atoms with Gasteiger partial charge in [0.2, 0.25) is 0 Å². The normalized spacial score (nSPS) is 17.7. The van der Waals surface area contributed by atoms with Crippen LogP contribution in [0.25, 0.3) is 10.9 Å². The molecule has 1 aliphatic heterocycles. The van der Waals surface area contributed by atoms with Crippen molar-refractivity contribution in [3.8, 4) is 0 Å². The van der Waals surface area contributed by atoms with Crippen LogP contribution < -0.4 is 5.84 Å². The molecule has 0 saturated carbocycles. The summed E-state index contributed by atoms with van der Waals surface area (Å²) in [5.74, 6) is 5.58. The largest absolute Gasteiger partial charge is 0.380 e. The number of carbonyl (C=O) groups is 1. The molecule has 8 nitrogen and oxygen atoms in total. The Labute approximate surface area is 174 Å². The van der Waals surface area contributed by atoms with Crippen molar-refractivity contribution in [2.24, 2.45) is 15.9 Å². The van der Waals surface area contributed by atoms with Crippen LogP contribution in [0.2, 0.25) is 0 Å². The van der Waals surface area contributed by atoms with Crippen LogP contribution in [0.4, 0.5) is 5.69 Å². The standard InChI is InChI=1S/C22H24N6O2/c1-30-17-5-4-12-28(14-17)22(29)15-8-10-16(11-9-15)24-13-20(25-23)21-18-6-2-3-7-19(18)26-27-21/h2-3,6-11,13,17H,4-5,12,14,23H2,1H3,(H,26,27). The first-order valence-electron chi connectivity index (χ1n) is 9.87. The first-order valence-corrected chi connectivity index (χ1v) is 9.87. The fourth-order valence-electron chi connectivity index (χ4n) is 3.64. The predicted octanol–water partition coefficient (Wildman–Crippen LogP) is 2.88. The van der Waals surface area contributed by atoms with Gasteiger partial charge in [0.25, 0.3) is 5.91 Å². The third kappa shape index (κ3) is 4.08. The Hall–Kier alpha value is -3.52. The van der Waals surface area contributed by atoms with E-state index in [1.807, 2.05) is 29.2 Å². The monoisotopic (exact) mass is 404 g/mol. The molecule has 0 aliphatic carbocycles. The molecule has 1 atom stereocenters. The number of fused-ring (bicyclic) bond motifs is 1. The van der Waals surface area contributed by atoms with Gasteiger partial charge in [0, 0.05) is 31.1 Å². The van der Waals surface area contributed by atoms with Crippen molar-refractivity contribution in [1.29, 1.82) is 0 Å². The van der Waals surface area contributed by atoms with Gasteiger partial charge < -0.3 is 15.5 Å². The van der Waals surface area contributed by atoms with E-state index in [1.165, 1.54) is 0 Å². The summed E-state index contributed by atoms with van der Waals surface area (Å²) in [5, 5.41) is 12.0. The molecule has 2 aromatic carbocycles. The van der Waals surface area contributed by atoms with Gasteiger partial charge in [0.15, 0.2) is 0 Å². The quantitative estimate of drug-likeness (QED) is 0.387. The Kier molecular flexibility index (Phi) is 5.85. The number of methoxy groups -OCH3 is 1. The Morgan fingerprint density at radius 2 is 2.07 bits per heavy atom. The van der Waals surface area contributed by atoms with Gasteiger partial charge in [0.1, 0.15) is 11.4 Å². The third-order valence-corrected chi connectivity index (χ3v) is 5.30. The van der Waals surface area contributed by atoms with Crippen LogP contribution in [0.1, 0.15) is 28.9 Å². The number of nitrogens with one attached hydrogen (secondary N) is 1. The van der Waals surface area contributed by atoms with Crippen molar-refractivity contribution >= 4 is 34.4 Å². The minimum atomic E-state index is 0.0134. The molecule has 1 unspecified atom stereocenters. The summed E-state index contributed by atoms with van der Waals surface area (Å²) in [5.41, 5.74) is 3.34. The van der Waals surface area contributed by atoms with E-state index in [-0.39, 0.29) is 12.0 Å². The van der Waals surface area contributed by atoms with Crippen LogP contribution in [0.15, 0.2) is 58.6 Å². The minimum absolute atomic E-state index is 0.0134. The number of aromatic amines is 1. The Morgan fingerprint density at radius 3 is 2.83 bits per heavy atom. The number of likely N-dealkylation sites (tertiary alicyclic amines) is 1. The summed E-state index contributed by atoms with van der Waals surface area (Å²) in [7, 11) is 1.69. The first-order chi connectivity index (χ1) is 14.7. The van der Waals surface area contributed by atoms with Crippen LogP contribution in [0.5, 0.6) is 0 Å². The van der Waals surface area contributed by atoms with Crippen LogP contribution >= 0.6 is 0 Å². The number of hydrazone groups is 1. The van der Waals surface area contributed by atoms with E-state index in [1.54, 1.807) is 37.6 Å². The van der Waals surface area contributed by atoms with Crippen molar-refractivity contribution in [3.05, 3.63) is 59.8 Å². The molecule has 30 heavy (non-hydrogen) atoms. The van der Waals surface area contributed by atoms with Crippen molar-refractivity contribution in [3.63, 3.8) is 0 Å². The van der Waals surface area contributed by atoms with Gasteiger partial charge in [-0.15, -0.1) is 0 Å². The number of nitrogens with two attached hydrogens (primary N) is 1. The average Bonchev–Trinajstić information content (AvgIpc) is 3.23. The van der Waals surface area contributed by atoms with E-state index in [0.717, 1.165) is 30.3 Å². The molecular formula is C22H24N6O2. The molecule has 2 heterocycles. The number of amides is 1. The molecule has 1 saturated heterocycles. The lowest BCUT2D eigenvalue weighted by Gasteiger charge is -2.32. The second-order valence-electron chi connectivity index (χ2n) is 7.19. The number of hydrogen-bond donors (Lipinski definition) is 2. The summed E-state index contributed by atoms with van der Waals surface area (Å²) in [6, 6.07) is 14.9. The maximum absolute atomic E-state index is 12.7. The number of H-pyrrole nitrogens is 1. The molecule has 0 bridgehead atoms. The summed E-state index contributed by atoms with van der Waals surface area (Å²) in [4.78, 5) is 19.0. The number of carbonyl (C=O) groups excluding carboxylic acids is 1. The zero-order chi connectivity index (χ0) is 20.9. The second-order valence-corrected chi connectivity index (χ2v) is 7.19. The van der Waals surface area contributed by atoms with Crippen molar-refractivity contribution in [1.82, 2.24) is 15.1 Å². The summed E-state index contributed by atoms with van der Waals surface area (Å²) in [6.07, 6.45) is 3.63. The molecule has 1 aliphatic rings. The number of rotatable bonds is 5. The SMILES string of the molecule is COC1CCCN(C(=O)c2ccc(N=CC(=NN)c3n[nH]c4ccccc34)cc2)C1. The van der Waals surface area contributed by atoms with Gasteiger partial charge in [-0.25, -0.2) is 0 Å². The number of hydrogen-bond acceptors (Lipinski definition) is 6. The molecule has 1 aromatic heterocycles. The average molecular weight is 404 g/mol. The van der Waals surface area contributed by atoms with E-state index < -0.39 is 0 Å². The van der Waals surface area contributed by atoms with Gasteiger partial charge >= 0.3 is 0 Å². The lowest BCUT2D eigenvalue weighted by atomic mass is 10.1. The Bertz CT molecular complexity index is 1090. The highest BCUT2D eigenvalue weighted by Crippen LogP contribution is 2.19. The molecule has 1 fully saturated rings. The molecule has 8 heteroatoms. The lowest BCUT2D eigenvalue weighted by Crippen LogP contribution is -2.42.